The van der Waals surface area contributed by atoms with Crippen LogP contribution in [0.25, 0.3) is 0 Å². The molecule has 1 N–H and O–H groups in total. The van der Waals surface area contributed by atoms with Gasteiger partial charge in [0.15, 0.2) is 0 Å². The quantitative estimate of drug-likeness (QED) is 0.644. The van der Waals surface area contributed by atoms with E-state index in [1.807, 2.05) is 37.4 Å². The zero-order valence-electron chi connectivity index (χ0n) is 10.2. The summed E-state index contributed by atoms with van der Waals surface area (Å²) < 4.78 is 0. The molecule has 1 rings (SSSR count). The van der Waals surface area contributed by atoms with Crippen LogP contribution in [0, 0.1) is 0 Å². The van der Waals surface area contributed by atoms with Crippen molar-refractivity contribution in [3.8, 4) is 0 Å². The summed E-state index contributed by atoms with van der Waals surface area (Å²) in [5.74, 6) is -0.111. The number of amides is 1. The smallest absolute Gasteiger partial charge is 0.241 e. The summed E-state index contributed by atoms with van der Waals surface area (Å²) in [6, 6.07) is 8.09. The first-order chi connectivity index (χ1) is 7.54. The molecule has 0 aliphatic carbocycles. The summed E-state index contributed by atoms with van der Waals surface area (Å²) >= 11 is 1.70. The number of nitrogens with zero attached hydrogens (tertiary/aromatic N) is 1. The number of thioether (sulfide) groups is 1. The second-order valence-corrected chi connectivity index (χ2v) is 4.74. The van der Waals surface area contributed by atoms with Crippen molar-refractivity contribution < 1.29 is 4.79 Å². The topological polar surface area (TPSA) is 32.3 Å². The Labute approximate surface area is 101 Å². The van der Waals surface area contributed by atoms with Crippen molar-refractivity contribution in [1.29, 1.82) is 0 Å². The van der Waals surface area contributed by atoms with Crippen LogP contribution in [0.4, 0.5) is 0 Å². The molecule has 0 aromatic heterocycles. The molecular weight excluding hydrogens is 220 g/mol. The number of hydrogen-bond donors (Lipinski definition) is 1. The molecule has 4 heteroatoms. The van der Waals surface area contributed by atoms with Gasteiger partial charge in [0.1, 0.15) is 0 Å². The number of hydrogen-bond acceptors (Lipinski definition) is 3. The van der Waals surface area contributed by atoms with E-state index in [-0.39, 0.29) is 11.8 Å². The molecule has 3 nitrogen and oxygen atoms in total. The molecule has 0 radical (unpaired) electrons. The summed E-state index contributed by atoms with van der Waals surface area (Å²) in [5, 5.41) is 1.66. The van der Waals surface area contributed by atoms with Gasteiger partial charge in [-0.05, 0) is 30.9 Å². The first-order valence-corrected chi connectivity index (χ1v) is 6.39. The van der Waals surface area contributed by atoms with Crippen molar-refractivity contribution in [3.05, 3.63) is 29.8 Å². The normalized spacial score (nSPS) is 12.6. The van der Waals surface area contributed by atoms with Crippen molar-refractivity contribution in [2.75, 3.05) is 20.4 Å². The Balaban J connectivity index is 2.72. The lowest BCUT2D eigenvalue weighted by atomic mass is 10.0. The maximum Gasteiger partial charge on any atom is 0.241 e. The summed E-state index contributed by atoms with van der Waals surface area (Å²) in [5.41, 5.74) is 3.80. The van der Waals surface area contributed by atoms with Crippen LogP contribution in [-0.4, -0.2) is 31.3 Å². The minimum absolute atomic E-state index is 0.0156. The van der Waals surface area contributed by atoms with E-state index in [4.69, 9.17) is 0 Å². The van der Waals surface area contributed by atoms with E-state index >= 15 is 0 Å². The van der Waals surface area contributed by atoms with Gasteiger partial charge in [-0.3, -0.25) is 10.2 Å². The number of carbonyl (C=O) groups is 1. The van der Waals surface area contributed by atoms with Gasteiger partial charge in [-0.2, -0.15) is 0 Å². The highest BCUT2D eigenvalue weighted by molar-refractivity contribution is 7.98. The van der Waals surface area contributed by atoms with Crippen LogP contribution in [0.2, 0.25) is 0 Å². The van der Waals surface area contributed by atoms with E-state index in [0.717, 1.165) is 5.56 Å². The highest BCUT2D eigenvalue weighted by atomic mass is 32.2. The van der Waals surface area contributed by atoms with Gasteiger partial charge >= 0.3 is 0 Å². The predicted molar refractivity (Wildman–Crippen MR) is 68.5 cm³/mol. The van der Waals surface area contributed by atoms with Crippen LogP contribution in [0.1, 0.15) is 18.4 Å². The Morgan fingerprint density at radius 3 is 2.31 bits per heavy atom. The fourth-order valence-corrected chi connectivity index (χ4v) is 1.77. The first-order valence-electron chi connectivity index (χ1n) is 5.16. The van der Waals surface area contributed by atoms with E-state index in [1.165, 1.54) is 4.90 Å². The lowest BCUT2D eigenvalue weighted by Crippen LogP contribution is -2.38. The minimum atomic E-state index is -0.127. The van der Waals surface area contributed by atoms with Crippen molar-refractivity contribution in [1.82, 2.24) is 10.4 Å². The molecule has 1 aromatic carbocycles. The third-order valence-corrected chi connectivity index (χ3v) is 3.09. The van der Waals surface area contributed by atoms with E-state index < -0.39 is 0 Å². The van der Waals surface area contributed by atoms with Crippen molar-refractivity contribution in [2.24, 2.45) is 0 Å². The third-order valence-electron chi connectivity index (χ3n) is 2.34. The molecule has 16 heavy (non-hydrogen) atoms. The standard InChI is InChI=1S/C12H18N2OS/c1-9(12(15)13-14(2)3)10-5-7-11(16-4)8-6-10/h5-9H,1-4H3,(H,13,15). The van der Waals surface area contributed by atoms with Crippen LogP contribution in [0.3, 0.4) is 0 Å². The Morgan fingerprint density at radius 1 is 1.31 bits per heavy atom. The molecule has 1 unspecified atom stereocenters. The SMILES string of the molecule is CSc1ccc(C(C)C(=O)NN(C)C)cc1. The Morgan fingerprint density at radius 2 is 1.88 bits per heavy atom. The molecule has 0 saturated heterocycles. The van der Waals surface area contributed by atoms with E-state index in [9.17, 15) is 4.79 Å². The fourth-order valence-electron chi connectivity index (χ4n) is 1.36. The third kappa shape index (κ3) is 3.54. The number of hydrazine groups is 1. The van der Waals surface area contributed by atoms with Gasteiger partial charge in [-0.1, -0.05) is 12.1 Å². The van der Waals surface area contributed by atoms with E-state index in [2.05, 4.69) is 5.43 Å². The van der Waals surface area contributed by atoms with Gasteiger partial charge in [-0.15, -0.1) is 11.8 Å². The van der Waals surface area contributed by atoms with Gasteiger partial charge in [0.25, 0.3) is 0 Å². The average Bonchev–Trinajstić information content (AvgIpc) is 2.27. The van der Waals surface area contributed by atoms with Crippen molar-refractivity contribution in [2.45, 2.75) is 17.7 Å². The second-order valence-electron chi connectivity index (χ2n) is 3.87. The van der Waals surface area contributed by atoms with Crippen LogP contribution in [-0.2, 0) is 4.79 Å². The van der Waals surface area contributed by atoms with Crippen LogP contribution >= 0.6 is 11.8 Å². The zero-order chi connectivity index (χ0) is 12.1. The van der Waals surface area contributed by atoms with E-state index in [1.54, 1.807) is 30.9 Å². The average molecular weight is 238 g/mol. The summed E-state index contributed by atoms with van der Waals surface area (Å²) in [4.78, 5) is 13.0. The molecule has 0 heterocycles. The monoisotopic (exact) mass is 238 g/mol. The van der Waals surface area contributed by atoms with Crippen LogP contribution in [0.15, 0.2) is 29.2 Å². The Bertz CT molecular complexity index is 349. The van der Waals surface area contributed by atoms with Gasteiger partial charge in [0, 0.05) is 19.0 Å². The van der Waals surface area contributed by atoms with Crippen LogP contribution in [0.5, 0.6) is 0 Å². The lowest BCUT2D eigenvalue weighted by Gasteiger charge is -2.16. The molecule has 1 aromatic rings. The van der Waals surface area contributed by atoms with Gasteiger partial charge in [0.05, 0.1) is 5.92 Å². The largest absolute Gasteiger partial charge is 0.289 e. The van der Waals surface area contributed by atoms with Gasteiger partial charge in [0.2, 0.25) is 5.91 Å². The molecule has 1 atom stereocenters. The Kier molecular flexibility index (Phi) is 4.83. The van der Waals surface area contributed by atoms with Gasteiger partial charge in [-0.25, -0.2) is 5.01 Å². The summed E-state index contributed by atoms with van der Waals surface area (Å²) in [6.45, 7) is 1.91. The first kappa shape index (κ1) is 13.1. The van der Waals surface area contributed by atoms with Gasteiger partial charge < -0.3 is 0 Å². The predicted octanol–water partition coefficient (Wildman–Crippen LogP) is 2.10. The maximum absolute atomic E-state index is 11.8. The summed E-state index contributed by atoms with van der Waals surface area (Å²) in [7, 11) is 3.61. The molecule has 0 aliphatic rings. The van der Waals surface area contributed by atoms with Crippen molar-refractivity contribution in [3.63, 3.8) is 0 Å². The minimum Gasteiger partial charge on any atom is -0.289 e. The number of benzene rings is 1. The number of carbonyl (C=O) groups excluding carboxylic acids is 1. The molecule has 0 fully saturated rings. The lowest BCUT2D eigenvalue weighted by molar-refractivity contribution is -0.125. The molecular formula is C12H18N2OS. The molecule has 1 amide bonds. The second kappa shape index (κ2) is 5.92. The molecule has 0 bridgehead atoms. The highest BCUT2D eigenvalue weighted by Crippen LogP contribution is 2.20. The number of rotatable bonds is 4. The molecule has 0 spiro atoms. The molecule has 0 aliphatic heterocycles. The maximum atomic E-state index is 11.8. The summed E-state index contributed by atoms with van der Waals surface area (Å²) in [6.07, 6.45) is 2.04. The molecule has 0 saturated carbocycles. The Hall–Kier alpha value is -1.00. The number of nitrogens with one attached hydrogen (secondary N) is 1. The fraction of sp³-hybridized carbons (Fsp3) is 0.417. The van der Waals surface area contributed by atoms with Crippen LogP contribution < -0.4 is 5.43 Å². The van der Waals surface area contributed by atoms with E-state index in [0.29, 0.717) is 0 Å². The molecule has 88 valence electrons. The zero-order valence-corrected chi connectivity index (χ0v) is 11.0. The highest BCUT2D eigenvalue weighted by Gasteiger charge is 2.15. The van der Waals surface area contributed by atoms with Crippen molar-refractivity contribution >= 4 is 17.7 Å².